The molecule has 28 heavy (non-hydrogen) atoms. The molecule has 2 aromatic heterocycles. The van der Waals surface area contributed by atoms with Crippen LogP contribution >= 0.6 is 11.8 Å². The monoisotopic (exact) mass is 401 g/mol. The summed E-state index contributed by atoms with van der Waals surface area (Å²) in [7, 11) is 0. The molecule has 2 N–H and O–H groups in total. The van der Waals surface area contributed by atoms with Crippen LogP contribution in [0.4, 0.5) is 4.39 Å². The highest BCUT2D eigenvalue weighted by Gasteiger charge is 2.04. The van der Waals surface area contributed by atoms with Gasteiger partial charge in [0.15, 0.2) is 5.96 Å². The lowest BCUT2D eigenvalue weighted by Crippen LogP contribution is -2.39. The van der Waals surface area contributed by atoms with Crippen LogP contribution in [0.3, 0.4) is 0 Å². The summed E-state index contributed by atoms with van der Waals surface area (Å²) in [6.45, 7) is 2.00. The number of guanidine groups is 1. The van der Waals surface area contributed by atoms with E-state index in [1.165, 1.54) is 12.1 Å². The summed E-state index contributed by atoms with van der Waals surface area (Å²) in [5.74, 6) is 2.42. The third-order valence-corrected chi connectivity index (χ3v) is 4.59. The maximum atomic E-state index is 13.1. The van der Waals surface area contributed by atoms with Crippen LogP contribution in [-0.4, -0.2) is 40.8 Å². The molecule has 0 saturated heterocycles. The highest BCUT2D eigenvalue weighted by molar-refractivity contribution is 7.98. The Balaban J connectivity index is 1.58. The van der Waals surface area contributed by atoms with Crippen LogP contribution in [-0.2, 0) is 13.0 Å². The largest absolute Gasteiger partial charge is 0.469 e. The van der Waals surface area contributed by atoms with E-state index in [-0.39, 0.29) is 5.82 Å². The minimum absolute atomic E-state index is 0.262. The van der Waals surface area contributed by atoms with Gasteiger partial charge in [-0.15, -0.1) is 0 Å². The Labute approximate surface area is 168 Å². The number of nitrogens with zero attached hydrogens (tertiary/aromatic N) is 3. The summed E-state index contributed by atoms with van der Waals surface area (Å²) < 4.78 is 20.1. The summed E-state index contributed by atoms with van der Waals surface area (Å²) in [6.07, 6.45) is 6.39. The molecule has 3 rings (SSSR count). The number of hydrogen-bond donors (Lipinski definition) is 2. The van der Waals surface area contributed by atoms with Crippen molar-refractivity contribution in [3.05, 3.63) is 72.2 Å². The number of furan rings is 1. The Kier molecular flexibility index (Phi) is 7.54. The van der Waals surface area contributed by atoms with Gasteiger partial charge < -0.3 is 15.1 Å². The highest BCUT2D eigenvalue weighted by Crippen LogP contribution is 2.09. The van der Waals surface area contributed by atoms with Crippen molar-refractivity contribution in [2.24, 2.45) is 4.99 Å². The summed E-state index contributed by atoms with van der Waals surface area (Å²) in [5.41, 5.74) is 1.65. The van der Waals surface area contributed by atoms with Gasteiger partial charge in [0.25, 0.3) is 0 Å². The van der Waals surface area contributed by atoms with E-state index in [2.05, 4.69) is 27.0 Å². The number of thioether (sulfide) groups is 1. The van der Waals surface area contributed by atoms with Gasteiger partial charge in [-0.3, -0.25) is 0 Å². The lowest BCUT2D eigenvalue weighted by Gasteiger charge is -2.11. The molecular weight excluding hydrogens is 377 g/mol. The topological polar surface area (TPSA) is 67.4 Å². The predicted molar refractivity (Wildman–Crippen MR) is 111 cm³/mol. The van der Waals surface area contributed by atoms with Crippen molar-refractivity contribution < 1.29 is 8.81 Å². The van der Waals surface area contributed by atoms with E-state index >= 15 is 0 Å². The van der Waals surface area contributed by atoms with Crippen LogP contribution in [0.2, 0.25) is 0 Å². The zero-order chi connectivity index (χ0) is 19.6. The molecule has 0 fully saturated rings. The van der Waals surface area contributed by atoms with Gasteiger partial charge in [-0.1, -0.05) is 0 Å². The fourth-order valence-electron chi connectivity index (χ4n) is 2.55. The molecule has 1 aromatic carbocycles. The van der Waals surface area contributed by atoms with Crippen molar-refractivity contribution >= 4 is 17.7 Å². The predicted octanol–water partition coefficient (Wildman–Crippen LogP) is 3.25. The molecule has 0 aliphatic heterocycles. The van der Waals surface area contributed by atoms with Crippen molar-refractivity contribution in [3.8, 4) is 5.69 Å². The summed E-state index contributed by atoms with van der Waals surface area (Å²) in [6, 6.07) is 12.0. The zero-order valence-electron chi connectivity index (χ0n) is 15.8. The van der Waals surface area contributed by atoms with Crippen LogP contribution in [0, 0.1) is 5.82 Å². The van der Waals surface area contributed by atoms with E-state index in [4.69, 9.17) is 4.42 Å². The molecule has 0 bridgehead atoms. The fraction of sp³-hybridized carbons (Fsp3) is 0.300. The fourth-order valence-corrected chi connectivity index (χ4v) is 2.85. The van der Waals surface area contributed by atoms with E-state index in [1.807, 2.05) is 24.4 Å². The molecule has 0 unspecified atom stereocenters. The van der Waals surface area contributed by atoms with Gasteiger partial charge >= 0.3 is 0 Å². The third kappa shape index (κ3) is 6.16. The lowest BCUT2D eigenvalue weighted by molar-refractivity contribution is 0.507. The first kappa shape index (κ1) is 20.0. The molecule has 148 valence electrons. The van der Waals surface area contributed by atoms with Gasteiger partial charge in [-0.2, -0.15) is 16.9 Å². The Morgan fingerprint density at radius 3 is 2.75 bits per heavy atom. The summed E-state index contributed by atoms with van der Waals surface area (Å²) in [5, 5.41) is 11.2. The number of aliphatic imine (C=N–C) groups is 1. The van der Waals surface area contributed by atoms with Crippen LogP contribution in [0.1, 0.15) is 11.5 Å². The van der Waals surface area contributed by atoms with Crippen LogP contribution < -0.4 is 10.6 Å². The maximum absolute atomic E-state index is 13.1. The summed E-state index contributed by atoms with van der Waals surface area (Å²) >= 11 is 1.78. The number of nitrogens with one attached hydrogen (secondary N) is 2. The van der Waals surface area contributed by atoms with Gasteiger partial charge in [-0.05, 0) is 48.7 Å². The first-order valence-electron chi connectivity index (χ1n) is 9.08. The van der Waals surface area contributed by atoms with Crippen LogP contribution in [0.25, 0.3) is 5.69 Å². The van der Waals surface area contributed by atoms with Crippen molar-refractivity contribution in [1.82, 2.24) is 20.4 Å². The van der Waals surface area contributed by atoms with E-state index in [1.54, 1.807) is 34.8 Å². The average molecular weight is 402 g/mol. The smallest absolute Gasteiger partial charge is 0.191 e. The highest BCUT2D eigenvalue weighted by atomic mass is 32.2. The minimum atomic E-state index is -0.262. The van der Waals surface area contributed by atoms with E-state index in [9.17, 15) is 4.39 Å². The Bertz CT molecular complexity index is 861. The van der Waals surface area contributed by atoms with Gasteiger partial charge in [0, 0.05) is 31.5 Å². The SMILES string of the molecule is CSCCNC(=NCc1ccn(-c2ccc(F)cc2)n1)NCCc1ccco1. The van der Waals surface area contributed by atoms with Crippen molar-refractivity contribution in [3.63, 3.8) is 0 Å². The second-order valence-corrected chi connectivity index (χ2v) is 7.05. The van der Waals surface area contributed by atoms with Gasteiger partial charge in [0.05, 0.1) is 24.2 Å². The molecule has 0 saturated carbocycles. The van der Waals surface area contributed by atoms with Gasteiger partial charge in [0.1, 0.15) is 11.6 Å². The van der Waals surface area contributed by atoms with Gasteiger partial charge in [0.2, 0.25) is 0 Å². The molecule has 0 radical (unpaired) electrons. The van der Waals surface area contributed by atoms with Crippen molar-refractivity contribution in [2.75, 3.05) is 25.1 Å². The minimum Gasteiger partial charge on any atom is -0.469 e. The first-order chi connectivity index (χ1) is 13.7. The molecule has 2 heterocycles. The molecule has 0 amide bonds. The number of aromatic nitrogens is 2. The Morgan fingerprint density at radius 1 is 1.18 bits per heavy atom. The van der Waals surface area contributed by atoms with Crippen molar-refractivity contribution in [2.45, 2.75) is 13.0 Å². The van der Waals surface area contributed by atoms with Crippen LogP contribution in [0.15, 0.2) is 64.3 Å². The van der Waals surface area contributed by atoms with Crippen LogP contribution in [0.5, 0.6) is 0 Å². The molecule has 0 aliphatic rings. The van der Waals surface area contributed by atoms with E-state index < -0.39 is 0 Å². The number of halogens is 1. The maximum Gasteiger partial charge on any atom is 0.191 e. The molecule has 3 aromatic rings. The standard InChI is InChI=1S/C20H24FN5OS/c1-28-14-11-23-20(22-10-8-19-3-2-13-27-19)24-15-17-9-12-26(25-17)18-6-4-16(21)5-7-18/h2-7,9,12-13H,8,10-11,14-15H2,1H3,(H2,22,23,24). The molecule has 0 spiro atoms. The average Bonchev–Trinajstić information content (AvgIpc) is 3.38. The second-order valence-electron chi connectivity index (χ2n) is 6.07. The molecule has 0 aliphatic carbocycles. The number of hydrogen-bond acceptors (Lipinski definition) is 4. The van der Waals surface area contributed by atoms with E-state index in [0.717, 1.165) is 48.4 Å². The van der Waals surface area contributed by atoms with Gasteiger partial charge in [-0.25, -0.2) is 14.1 Å². The lowest BCUT2D eigenvalue weighted by atomic mass is 10.3. The second kappa shape index (κ2) is 10.6. The Morgan fingerprint density at radius 2 is 2.00 bits per heavy atom. The first-order valence-corrected chi connectivity index (χ1v) is 10.5. The third-order valence-electron chi connectivity index (χ3n) is 3.98. The Hall–Kier alpha value is -2.74. The van der Waals surface area contributed by atoms with E-state index in [0.29, 0.717) is 6.54 Å². The molecular formula is C20H24FN5OS. The molecule has 0 atom stereocenters. The molecule has 6 nitrogen and oxygen atoms in total. The van der Waals surface area contributed by atoms with Crippen molar-refractivity contribution in [1.29, 1.82) is 0 Å². The zero-order valence-corrected chi connectivity index (χ0v) is 16.6. The molecule has 8 heteroatoms. The normalized spacial score (nSPS) is 11.6. The quantitative estimate of drug-likeness (QED) is 0.327. The summed E-state index contributed by atoms with van der Waals surface area (Å²) in [4.78, 5) is 4.62. The number of benzene rings is 1. The number of rotatable bonds is 9.